The van der Waals surface area contributed by atoms with E-state index in [2.05, 4.69) is 29.6 Å². The van der Waals surface area contributed by atoms with Gasteiger partial charge >= 0.3 is 18.3 Å². The molecule has 2 fully saturated rings. The SMILES string of the molecule is CC(C)(C)OC(=O)N1C[C@@H](CCl)c2c1cc(OC(=O)N1CCN(C(=O)CCCCCNC(=O)OCC3c4ccccc4-c4ccccc43)[C@H]3CSSC[C@H]31)c1ccccc21. The Bertz CT molecular complexity index is 2220. The molecule has 4 aromatic rings. The quantitative estimate of drug-likeness (QED) is 0.0945. The molecule has 8 rings (SSSR count). The lowest BCUT2D eigenvalue weighted by Gasteiger charge is -2.48. The van der Waals surface area contributed by atoms with Gasteiger partial charge in [0.1, 0.15) is 18.0 Å². The highest BCUT2D eigenvalue weighted by atomic mass is 35.5. The van der Waals surface area contributed by atoms with Gasteiger partial charge < -0.3 is 29.3 Å². The molecule has 4 aromatic carbocycles. The lowest BCUT2D eigenvalue weighted by Crippen LogP contribution is -2.65. The number of fused-ring (bicyclic) bond motifs is 7. The minimum atomic E-state index is -0.689. The largest absolute Gasteiger partial charge is 0.449 e. The van der Waals surface area contributed by atoms with Gasteiger partial charge in [-0.2, -0.15) is 0 Å². The van der Waals surface area contributed by atoms with Gasteiger partial charge in [-0.05, 0) is 66.8 Å². The van der Waals surface area contributed by atoms with Crippen LogP contribution in [0.1, 0.15) is 75.0 Å². The van der Waals surface area contributed by atoms with Gasteiger partial charge in [-0.15, -0.1) is 11.6 Å². The van der Waals surface area contributed by atoms with Gasteiger partial charge in [0, 0.05) is 73.3 Å². The molecule has 4 amide bonds. The van der Waals surface area contributed by atoms with Crippen molar-refractivity contribution in [2.75, 3.05) is 55.1 Å². The van der Waals surface area contributed by atoms with Crippen molar-refractivity contribution in [1.29, 1.82) is 0 Å². The predicted molar refractivity (Wildman–Crippen MR) is 239 cm³/mol. The zero-order chi connectivity index (χ0) is 42.0. The molecule has 60 heavy (non-hydrogen) atoms. The average Bonchev–Trinajstić information content (AvgIpc) is 3.79. The molecular formula is C46H51ClN4O7S2. The number of nitrogens with one attached hydrogen (secondary N) is 1. The summed E-state index contributed by atoms with van der Waals surface area (Å²) in [6.45, 7) is 7.35. The maximum Gasteiger partial charge on any atom is 0.415 e. The number of unbranched alkanes of at least 4 members (excludes halogenated alkanes) is 2. The van der Waals surface area contributed by atoms with Crippen LogP contribution in [0.4, 0.5) is 20.1 Å². The Kier molecular flexibility index (Phi) is 12.8. The number of amides is 4. The minimum Gasteiger partial charge on any atom is -0.449 e. The molecule has 0 spiro atoms. The van der Waals surface area contributed by atoms with Crippen molar-refractivity contribution < 1.29 is 33.4 Å². The monoisotopic (exact) mass is 870 g/mol. The Hall–Kier alpha value is -4.59. The fourth-order valence-corrected chi connectivity index (χ4v) is 11.9. The van der Waals surface area contributed by atoms with Gasteiger partial charge in [-0.3, -0.25) is 9.69 Å². The molecule has 14 heteroatoms. The van der Waals surface area contributed by atoms with Crippen molar-refractivity contribution in [3.63, 3.8) is 0 Å². The molecule has 1 aliphatic carbocycles. The van der Waals surface area contributed by atoms with E-state index in [1.165, 1.54) is 22.3 Å². The molecule has 11 nitrogen and oxygen atoms in total. The van der Waals surface area contributed by atoms with Crippen LogP contribution in [0.25, 0.3) is 21.9 Å². The summed E-state index contributed by atoms with van der Waals surface area (Å²) in [5, 5.41) is 4.52. The Morgan fingerprint density at radius 1 is 0.800 bits per heavy atom. The second kappa shape index (κ2) is 18.2. The summed E-state index contributed by atoms with van der Waals surface area (Å²) in [7, 11) is 3.42. The van der Waals surface area contributed by atoms with Gasteiger partial charge in [0.05, 0.1) is 17.8 Å². The van der Waals surface area contributed by atoms with E-state index < -0.39 is 23.9 Å². The molecule has 3 aliphatic heterocycles. The number of alkyl carbamates (subject to hydrolysis) is 1. The van der Waals surface area contributed by atoms with Crippen LogP contribution in [0.3, 0.4) is 0 Å². The van der Waals surface area contributed by atoms with Crippen LogP contribution < -0.4 is 15.0 Å². The third-order valence-electron chi connectivity index (χ3n) is 11.7. The van der Waals surface area contributed by atoms with Crippen LogP contribution in [0.5, 0.6) is 5.75 Å². The second-order valence-electron chi connectivity index (χ2n) is 16.7. The normalized spacial score (nSPS) is 19.6. The molecule has 0 aromatic heterocycles. The van der Waals surface area contributed by atoms with Crippen molar-refractivity contribution in [1.82, 2.24) is 15.1 Å². The van der Waals surface area contributed by atoms with E-state index in [9.17, 15) is 19.2 Å². The summed E-state index contributed by atoms with van der Waals surface area (Å²) in [4.78, 5) is 59.1. The summed E-state index contributed by atoms with van der Waals surface area (Å²) < 4.78 is 17.7. The molecule has 3 heterocycles. The molecule has 1 N–H and O–H groups in total. The smallest absolute Gasteiger partial charge is 0.415 e. The van der Waals surface area contributed by atoms with Crippen molar-refractivity contribution in [2.24, 2.45) is 0 Å². The Morgan fingerprint density at radius 2 is 1.43 bits per heavy atom. The summed E-state index contributed by atoms with van der Waals surface area (Å²) in [5.41, 5.74) is 5.60. The third kappa shape index (κ3) is 8.76. The zero-order valence-corrected chi connectivity index (χ0v) is 36.6. The Balaban J connectivity index is 0.837. The number of benzene rings is 4. The van der Waals surface area contributed by atoms with Crippen molar-refractivity contribution in [2.45, 2.75) is 76.0 Å². The number of carbonyl (C=O) groups excluding carboxylic acids is 4. The first-order valence-corrected chi connectivity index (χ1v) is 23.8. The first kappa shape index (κ1) is 42.1. The topological polar surface area (TPSA) is 118 Å². The number of piperazine rings is 1. The van der Waals surface area contributed by atoms with Gasteiger partial charge in [-0.1, -0.05) is 101 Å². The van der Waals surface area contributed by atoms with E-state index in [1.54, 1.807) is 37.5 Å². The third-order valence-corrected chi connectivity index (χ3v) is 14.6. The minimum absolute atomic E-state index is 0.00997. The zero-order valence-electron chi connectivity index (χ0n) is 34.2. The van der Waals surface area contributed by atoms with Crippen molar-refractivity contribution >= 4 is 73.8 Å². The first-order valence-electron chi connectivity index (χ1n) is 20.8. The molecular weight excluding hydrogens is 820 g/mol. The Morgan fingerprint density at radius 3 is 2.12 bits per heavy atom. The van der Waals surface area contributed by atoms with Gasteiger partial charge in [0.2, 0.25) is 5.91 Å². The van der Waals surface area contributed by atoms with E-state index in [-0.39, 0.29) is 36.4 Å². The molecule has 3 atom stereocenters. The van der Waals surface area contributed by atoms with Crippen LogP contribution in [0, 0.1) is 0 Å². The molecule has 4 aliphatic rings. The van der Waals surface area contributed by atoms with E-state index in [0.29, 0.717) is 67.8 Å². The fraction of sp³-hybridized carbons (Fsp3) is 0.435. The second-order valence-corrected chi connectivity index (χ2v) is 19.6. The lowest BCUT2D eigenvalue weighted by molar-refractivity contribution is -0.136. The number of hydrogen-bond acceptors (Lipinski definition) is 9. The van der Waals surface area contributed by atoms with E-state index in [4.69, 9.17) is 25.8 Å². The van der Waals surface area contributed by atoms with Crippen LogP contribution in [0.2, 0.25) is 0 Å². The highest BCUT2D eigenvalue weighted by molar-refractivity contribution is 8.76. The predicted octanol–water partition coefficient (Wildman–Crippen LogP) is 9.79. The number of ether oxygens (including phenoxy) is 3. The maximum atomic E-state index is 14.1. The fourth-order valence-electron chi connectivity index (χ4n) is 8.96. The average molecular weight is 872 g/mol. The molecule has 316 valence electrons. The summed E-state index contributed by atoms with van der Waals surface area (Å²) in [6, 6.07) is 25.7. The molecule has 0 saturated carbocycles. The highest BCUT2D eigenvalue weighted by Crippen LogP contribution is 2.47. The highest BCUT2D eigenvalue weighted by Gasteiger charge is 2.44. The van der Waals surface area contributed by atoms with Gasteiger partial charge in [0.15, 0.2) is 0 Å². The summed E-state index contributed by atoms with van der Waals surface area (Å²) >= 11 is 6.45. The summed E-state index contributed by atoms with van der Waals surface area (Å²) in [6.07, 6.45) is 1.22. The lowest BCUT2D eigenvalue weighted by atomic mass is 9.95. The number of rotatable bonds is 10. The van der Waals surface area contributed by atoms with E-state index in [0.717, 1.165) is 29.2 Å². The number of carbonyl (C=O) groups is 4. The molecule has 0 radical (unpaired) electrons. The standard InChI is InChI=1S/C46H51ClN4O7S2/c1-46(2,3)58-45(55)51-25-29(24-47)42-35-18-11-10-17-34(35)40(23-37(42)51)57-44(54)50-22-21-49(38-27-59-60-28-39(38)50)41(52)19-5-4-12-20-48-43(53)56-26-36-32-15-8-6-13-30(32)31-14-7-9-16-33(31)36/h6-11,13-18,23,29,36,38-39H,4-5,12,19-22,24-28H2,1-3H3,(H,48,53)/t29-,38+,39-/m1/s1. The molecule has 2 saturated heterocycles. The van der Waals surface area contributed by atoms with Gasteiger partial charge in [-0.25, -0.2) is 14.4 Å². The molecule has 0 unspecified atom stereocenters. The Labute approximate surface area is 364 Å². The number of anilines is 1. The van der Waals surface area contributed by atoms with Crippen LogP contribution in [0.15, 0.2) is 78.9 Å². The van der Waals surface area contributed by atoms with Crippen LogP contribution in [-0.2, 0) is 14.3 Å². The van der Waals surface area contributed by atoms with E-state index in [1.807, 2.05) is 74.2 Å². The van der Waals surface area contributed by atoms with Crippen molar-refractivity contribution in [3.8, 4) is 16.9 Å². The van der Waals surface area contributed by atoms with Gasteiger partial charge in [0.25, 0.3) is 0 Å². The first-order chi connectivity index (χ1) is 29.0. The van der Waals surface area contributed by atoms with Crippen LogP contribution in [-0.4, -0.2) is 102 Å². The van der Waals surface area contributed by atoms with E-state index >= 15 is 0 Å². The number of nitrogens with zero attached hydrogens (tertiary/aromatic N) is 3. The number of hydrogen-bond donors (Lipinski definition) is 1. The molecule has 0 bridgehead atoms. The summed E-state index contributed by atoms with van der Waals surface area (Å²) in [5.74, 6) is 2.03. The van der Waals surface area contributed by atoms with Crippen LogP contribution >= 0.6 is 33.2 Å². The number of halogens is 1. The maximum absolute atomic E-state index is 14.1. The van der Waals surface area contributed by atoms with Crippen molar-refractivity contribution in [3.05, 3.63) is 95.6 Å². The number of alkyl halides is 1.